The van der Waals surface area contributed by atoms with E-state index in [4.69, 9.17) is 0 Å². The monoisotopic (exact) mass is 153 g/mol. The molecule has 1 aliphatic rings. The van der Waals surface area contributed by atoms with Gasteiger partial charge in [-0.2, -0.15) is 0 Å². The average Bonchev–Trinajstić information content (AvgIpc) is 1.84. The van der Waals surface area contributed by atoms with Crippen molar-refractivity contribution in [2.24, 2.45) is 0 Å². The molecule has 0 aromatic heterocycles. The standard InChI is InChI=1S/C8H11NO2/c1-5-3-7(4-5)9-8(11)6(2)10/h7H,1,3-4H2,2H3,(H,9,11). The Kier molecular flexibility index (Phi) is 2.08. The summed E-state index contributed by atoms with van der Waals surface area (Å²) >= 11 is 0. The highest BCUT2D eigenvalue weighted by Gasteiger charge is 2.23. The third-order valence-corrected chi connectivity index (χ3v) is 1.73. The van der Waals surface area contributed by atoms with Gasteiger partial charge in [-0.15, -0.1) is 0 Å². The van der Waals surface area contributed by atoms with Gasteiger partial charge in [0.2, 0.25) is 5.78 Å². The van der Waals surface area contributed by atoms with Gasteiger partial charge in [0.05, 0.1) is 0 Å². The summed E-state index contributed by atoms with van der Waals surface area (Å²) in [7, 11) is 0. The molecule has 1 rings (SSSR count). The summed E-state index contributed by atoms with van der Waals surface area (Å²) in [5.41, 5.74) is 1.14. The second-order valence-corrected chi connectivity index (χ2v) is 2.88. The molecule has 1 aliphatic carbocycles. The lowest BCUT2D eigenvalue weighted by molar-refractivity contribution is -0.137. The molecule has 1 amide bonds. The number of hydrogen-bond donors (Lipinski definition) is 1. The molecule has 1 fully saturated rings. The van der Waals surface area contributed by atoms with Crippen LogP contribution >= 0.6 is 0 Å². The fraction of sp³-hybridized carbons (Fsp3) is 0.500. The van der Waals surface area contributed by atoms with Crippen LogP contribution in [0.15, 0.2) is 12.2 Å². The molecule has 0 spiro atoms. The molecule has 0 heterocycles. The number of amides is 1. The Morgan fingerprint density at radius 3 is 2.45 bits per heavy atom. The maximum Gasteiger partial charge on any atom is 0.287 e. The molecule has 0 radical (unpaired) electrons. The maximum absolute atomic E-state index is 10.8. The van der Waals surface area contributed by atoms with Crippen molar-refractivity contribution in [3.8, 4) is 0 Å². The molecule has 0 saturated heterocycles. The Balaban J connectivity index is 2.27. The molecule has 3 heteroatoms. The third kappa shape index (κ3) is 1.90. The van der Waals surface area contributed by atoms with Crippen molar-refractivity contribution in [1.82, 2.24) is 5.32 Å². The van der Waals surface area contributed by atoms with Crippen molar-refractivity contribution in [2.75, 3.05) is 0 Å². The van der Waals surface area contributed by atoms with E-state index in [9.17, 15) is 9.59 Å². The van der Waals surface area contributed by atoms with Crippen molar-refractivity contribution in [3.63, 3.8) is 0 Å². The highest BCUT2D eigenvalue weighted by molar-refractivity contribution is 6.35. The van der Waals surface area contributed by atoms with E-state index in [1.807, 2.05) is 0 Å². The van der Waals surface area contributed by atoms with E-state index in [0.717, 1.165) is 18.4 Å². The van der Waals surface area contributed by atoms with Gasteiger partial charge >= 0.3 is 0 Å². The van der Waals surface area contributed by atoms with E-state index in [-0.39, 0.29) is 6.04 Å². The first-order valence-electron chi connectivity index (χ1n) is 3.57. The van der Waals surface area contributed by atoms with E-state index in [0.29, 0.717) is 0 Å². The van der Waals surface area contributed by atoms with Gasteiger partial charge in [-0.3, -0.25) is 9.59 Å². The fourth-order valence-electron chi connectivity index (χ4n) is 1.03. The first-order chi connectivity index (χ1) is 5.09. The molecule has 0 unspecified atom stereocenters. The molecule has 0 atom stereocenters. The van der Waals surface area contributed by atoms with Gasteiger partial charge in [0, 0.05) is 13.0 Å². The predicted molar refractivity (Wildman–Crippen MR) is 41.0 cm³/mol. The third-order valence-electron chi connectivity index (χ3n) is 1.73. The lowest BCUT2D eigenvalue weighted by Gasteiger charge is -2.28. The number of carbonyl (C=O) groups excluding carboxylic acids is 2. The van der Waals surface area contributed by atoms with Crippen molar-refractivity contribution in [3.05, 3.63) is 12.2 Å². The minimum atomic E-state index is -0.484. The van der Waals surface area contributed by atoms with Crippen LogP contribution in [-0.2, 0) is 9.59 Å². The van der Waals surface area contributed by atoms with E-state index >= 15 is 0 Å². The molecule has 11 heavy (non-hydrogen) atoms. The Morgan fingerprint density at radius 2 is 2.09 bits per heavy atom. The molecular weight excluding hydrogens is 142 g/mol. The summed E-state index contributed by atoms with van der Waals surface area (Å²) in [4.78, 5) is 21.2. The number of Topliss-reactive ketones (excluding diaryl/α,β-unsaturated/α-hetero) is 1. The fourth-order valence-corrected chi connectivity index (χ4v) is 1.03. The number of ketones is 1. The summed E-state index contributed by atoms with van der Waals surface area (Å²) in [6.45, 7) is 4.99. The van der Waals surface area contributed by atoms with Crippen molar-refractivity contribution < 1.29 is 9.59 Å². The minimum absolute atomic E-state index is 0.152. The van der Waals surface area contributed by atoms with E-state index < -0.39 is 11.7 Å². The normalized spacial score (nSPS) is 17.4. The molecular formula is C8H11NO2. The molecule has 0 aromatic carbocycles. The quantitative estimate of drug-likeness (QED) is 0.461. The van der Waals surface area contributed by atoms with Crippen LogP contribution in [0.5, 0.6) is 0 Å². The molecule has 0 aromatic rings. The van der Waals surface area contributed by atoms with Crippen LogP contribution in [0.1, 0.15) is 19.8 Å². The van der Waals surface area contributed by atoms with Crippen LogP contribution in [0.2, 0.25) is 0 Å². The molecule has 0 bridgehead atoms. The highest BCUT2D eigenvalue weighted by Crippen LogP contribution is 2.23. The topological polar surface area (TPSA) is 46.2 Å². The summed E-state index contributed by atoms with van der Waals surface area (Å²) in [5, 5.41) is 2.60. The Labute approximate surface area is 65.5 Å². The first kappa shape index (κ1) is 7.98. The summed E-state index contributed by atoms with van der Waals surface area (Å²) in [6, 6.07) is 0.152. The maximum atomic E-state index is 10.8. The summed E-state index contributed by atoms with van der Waals surface area (Å²) in [6.07, 6.45) is 1.64. The largest absolute Gasteiger partial charge is 0.346 e. The smallest absolute Gasteiger partial charge is 0.287 e. The molecule has 1 N–H and O–H groups in total. The van der Waals surface area contributed by atoms with Gasteiger partial charge in [-0.1, -0.05) is 12.2 Å². The van der Waals surface area contributed by atoms with Crippen LogP contribution < -0.4 is 5.32 Å². The second kappa shape index (κ2) is 2.86. The van der Waals surface area contributed by atoms with Gasteiger partial charge in [-0.05, 0) is 12.8 Å². The van der Waals surface area contributed by atoms with E-state index in [1.54, 1.807) is 0 Å². The minimum Gasteiger partial charge on any atom is -0.346 e. The van der Waals surface area contributed by atoms with Crippen LogP contribution in [-0.4, -0.2) is 17.7 Å². The lowest BCUT2D eigenvalue weighted by Crippen LogP contribution is -2.43. The van der Waals surface area contributed by atoms with Crippen molar-refractivity contribution in [2.45, 2.75) is 25.8 Å². The first-order valence-corrected chi connectivity index (χ1v) is 3.57. The zero-order chi connectivity index (χ0) is 8.43. The highest BCUT2D eigenvalue weighted by atomic mass is 16.2. The van der Waals surface area contributed by atoms with Crippen molar-refractivity contribution >= 4 is 11.7 Å². The lowest BCUT2D eigenvalue weighted by atomic mass is 9.88. The predicted octanol–water partition coefficient (Wildman–Crippen LogP) is 0.410. The molecule has 1 saturated carbocycles. The second-order valence-electron chi connectivity index (χ2n) is 2.88. The van der Waals surface area contributed by atoms with Gasteiger partial charge in [-0.25, -0.2) is 0 Å². The van der Waals surface area contributed by atoms with Gasteiger partial charge in [0.1, 0.15) is 0 Å². The Morgan fingerprint density at radius 1 is 1.55 bits per heavy atom. The molecule has 0 aliphatic heterocycles. The number of hydrogen-bond acceptors (Lipinski definition) is 2. The van der Waals surface area contributed by atoms with Crippen LogP contribution in [0.3, 0.4) is 0 Å². The van der Waals surface area contributed by atoms with Gasteiger partial charge in [0.15, 0.2) is 0 Å². The zero-order valence-electron chi connectivity index (χ0n) is 6.52. The molecule has 60 valence electrons. The summed E-state index contributed by atoms with van der Waals surface area (Å²) < 4.78 is 0. The Bertz CT molecular complexity index is 212. The van der Waals surface area contributed by atoms with E-state index in [2.05, 4.69) is 11.9 Å². The zero-order valence-corrected chi connectivity index (χ0v) is 6.52. The van der Waals surface area contributed by atoms with Crippen molar-refractivity contribution in [1.29, 1.82) is 0 Å². The van der Waals surface area contributed by atoms with Crippen LogP contribution in [0.4, 0.5) is 0 Å². The summed E-state index contributed by atoms with van der Waals surface area (Å²) in [5.74, 6) is -0.912. The van der Waals surface area contributed by atoms with Gasteiger partial charge < -0.3 is 5.32 Å². The number of carbonyl (C=O) groups is 2. The molecule has 3 nitrogen and oxygen atoms in total. The van der Waals surface area contributed by atoms with Crippen LogP contribution in [0.25, 0.3) is 0 Å². The Hall–Kier alpha value is -1.12. The number of rotatable bonds is 2. The van der Waals surface area contributed by atoms with E-state index in [1.165, 1.54) is 6.92 Å². The number of nitrogens with one attached hydrogen (secondary N) is 1. The van der Waals surface area contributed by atoms with Gasteiger partial charge in [0.25, 0.3) is 5.91 Å². The average molecular weight is 153 g/mol. The van der Waals surface area contributed by atoms with Crippen LogP contribution in [0, 0.1) is 0 Å². The SMILES string of the molecule is C=C1CC(NC(=O)C(C)=O)C1.